The number of aliphatic hydroxyl groups is 1. The minimum atomic E-state index is -3.85. The number of amides is 1. The van der Waals surface area contributed by atoms with E-state index < -0.39 is 22.2 Å². The lowest BCUT2D eigenvalue weighted by Gasteiger charge is -2.31. The van der Waals surface area contributed by atoms with Gasteiger partial charge in [-0.05, 0) is 42.2 Å². The molecular weight excluding hydrogens is 448 g/mol. The van der Waals surface area contributed by atoms with Gasteiger partial charge >= 0.3 is 0 Å². The van der Waals surface area contributed by atoms with Crippen LogP contribution in [0.15, 0.2) is 41.0 Å². The Labute approximate surface area is 195 Å². The van der Waals surface area contributed by atoms with Gasteiger partial charge in [-0.25, -0.2) is 8.42 Å². The molecule has 1 amide bonds. The van der Waals surface area contributed by atoms with Gasteiger partial charge in [-0.15, -0.1) is 6.42 Å². The highest BCUT2D eigenvalue weighted by molar-refractivity contribution is 7.89. The van der Waals surface area contributed by atoms with Crippen LogP contribution in [0.1, 0.15) is 20.3 Å². The molecule has 1 aliphatic rings. The van der Waals surface area contributed by atoms with Crippen molar-refractivity contribution in [1.29, 1.82) is 0 Å². The van der Waals surface area contributed by atoms with Gasteiger partial charge < -0.3 is 24.6 Å². The maximum Gasteiger partial charge on any atom is 0.286 e. The van der Waals surface area contributed by atoms with Crippen molar-refractivity contribution in [2.45, 2.75) is 31.5 Å². The summed E-state index contributed by atoms with van der Waals surface area (Å²) >= 11 is 0. The number of aliphatic hydroxyl groups excluding tert-OH is 1. The smallest absolute Gasteiger partial charge is 0.286 e. The van der Waals surface area contributed by atoms with Crippen molar-refractivity contribution in [3.05, 3.63) is 36.1 Å². The van der Waals surface area contributed by atoms with Crippen molar-refractivity contribution in [3.63, 3.8) is 0 Å². The molecule has 0 radical (unpaired) electrons. The van der Waals surface area contributed by atoms with Crippen LogP contribution in [-0.4, -0.2) is 70.0 Å². The van der Waals surface area contributed by atoms with E-state index in [4.69, 9.17) is 20.6 Å². The van der Waals surface area contributed by atoms with E-state index in [0.29, 0.717) is 12.2 Å². The van der Waals surface area contributed by atoms with Gasteiger partial charge in [0.05, 0.1) is 31.8 Å². The Kier molecular flexibility index (Phi) is 10.2. The zero-order chi connectivity index (χ0) is 24.4. The number of terminal acetylenes is 1. The summed E-state index contributed by atoms with van der Waals surface area (Å²) in [5, 5.41) is 12.0. The second-order valence-electron chi connectivity index (χ2n) is 7.78. The van der Waals surface area contributed by atoms with E-state index in [1.165, 1.54) is 19.2 Å². The Morgan fingerprint density at radius 1 is 1.33 bits per heavy atom. The van der Waals surface area contributed by atoms with Crippen molar-refractivity contribution in [2.75, 3.05) is 40.0 Å². The molecule has 33 heavy (non-hydrogen) atoms. The highest BCUT2D eigenvalue weighted by Crippen LogP contribution is 2.29. The van der Waals surface area contributed by atoms with E-state index in [2.05, 4.69) is 11.2 Å². The predicted molar refractivity (Wildman–Crippen MR) is 123 cm³/mol. The number of allylic oxidation sites excluding steroid dienone is 1. The molecule has 2 rings (SSSR count). The van der Waals surface area contributed by atoms with Crippen molar-refractivity contribution in [3.8, 4) is 18.1 Å². The van der Waals surface area contributed by atoms with Gasteiger partial charge in [0.2, 0.25) is 16.3 Å². The quantitative estimate of drug-likeness (QED) is 0.434. The SMILES string of the molecule is C#CCNC(=O)C1=C[C@@H](C(C)C)C[C@@H](OCCN(CCO)S(=O)(=O)c2ccc(OC)cc2)O1. The van der Waals surface area contributed by atoms with Crippen LogP contribution in [0, 0.1) is 24.2 Å². The van der Waals surface area contributed by atoms with Gasteiger partial charge in [0.1, 0.15) is 5.75 Å². The molecular formula is C23H32N2O7S. The number of hydrogen-bond acceptors (Lipinski definition) is 7. The van der Waals surface area contributed by atoms with E-state index in [1.807, 2.05) is 13.8 Å². The molecule has 0 saturated carbocycles. The number of methoxy groups -OCH3 is 1. The molecule has 182 valence electrons. The Morgan fingerprint density at radius 3 is 2.61 bits per heavy atom. The lowest BCUT2D eigenvalue weighted by Crippen LogP contribution is -2.38. The summed E-state index contributed by atoms with van der Waals surface area (Å²) in [5.74, 6) is 2.89. The topological polar surface area (TPSA) is 114 Å². The molecule has 0 bridgehead atoms. The summed E-state index contributed by atoms with van der Waals surface area (Å²) in [5.41, 5.74) is 0. The van der Waals surface area contributed by atoms with Gasteiger partial charge in [0, 0.05) is 19.5 Å². The summed E-state index contributed by atoms with van der Waals surface area (Å²) in [6, 6.07) is 6.01. The maximum absolute atomic E-state index is 13.0. The molecule has 1 aromatic carbocycles. The van der Waals surface area contributed by atoms with Crippen LogP contribution in [0.25, 0.3) is 0 Å². The molecule has 10 heteroatoms. The molecule has 0 spiro atoms. The van der Waals surface area contributed by atoms with Crippen molar-refractivity contribution >= 4 is 15.9 Å². The fraction of sp³-hybridized carbons (Fsp3) is 0.522. The number of hydrogen-bond donors (Lipinski definition) is 2. The number of ether oxygens (including phenoxy) is 3. The number of carbonyl (C=O) groups excluding carboxylic acids is 1. The summed E-state index contributed by atoms with van der Waals surface area (Å²) in [7, 11) is -2.35. The minimum Gasteiger partial charge on any atom is -0.497 e. The van der Waals surface area contributed by atoms with Crippen LogP contribution in [0.2, 0.25) is 0 Å². The van der Waals surface area contributed by atoms with Crippen LogP contribution in [0.5, 0.6) is 5.75 Å². The van der Waals surface area contributed by atoms with Crippen LogP contribution < -0.4 is 10.1 Å². The lowest BCUT2D eigenvalue weighted by molar-refractivity contribution is -0.150. The first kappa shape index (κ1) is 26.7. The van der Waals surface area contributed by atoms with E-state index in [1.54, 1.807) is 18.2 Å². The van der Waals surface area contributed by atoms with E-state index in [0.717, 1.165) is 4.31 Å². The molecule has 2 atom stereocenters. The highest BCUT2D eigenvalue weighted by Gasteiger charge is 2.30. The Morgan fingerprint density at radius 2 is 2.03 bits per heavy atom. The second-order valence-corrected chi connectivity index (χ2v) is 9.72. The van der Waals surface area contributed by atoms with Crippen molar-refractivity contribution < 1.29 is 32.5 Å². The number of carbonyl (C=O) groups is 1. The normalized spacial score (nSPS) is 18.4. The summed E-state index contributed by atoms with van der Waals surface area (Å²) < 4.78 is 43.7. The standard InChI is InChI=1S/C23H32N2O7S/c1-5-10-24-23(27)21-15-18(17(2)3)16-22(32-21)31-14-12-25(11-13-26)33(28,29)20-8-6-19(30-4)7-9-20/h1,6-9,15,17-18,22,26H,10-14,16H2,2-4H3,(H,24,27)/t18-,22+/m1/s1. The first-order valence-electron chi connectivity index (χ1n) is 10.7. The van der Waals surface area contributed by atoms with Crippen LogP contribution in [0.3, 0.4) is 0 Å². The highest BCUT2D eigenvalue weighted by atomic mass is 32.2. The van der Waals surface area contributed by atoms with Gasteiger partial charge in [-0.1, -0.05) is 19.8 Å². The zero-order valence-electron chi connectivity index (χ0n) is 19.2. The molecule has 9 nitrogen and oxygen atoms in total. The Bertz CT molecular complexity index is 952. The predicted octanol–water partition coefficient (Wildman–Crippen LogP) is 1.35. The number of rotatable bonds is 12. The fourth-order valence-corrected chi connectivity index (χ4v) is 4.69. The number of benzene rings is 1. The number of nitrogens with one attached hydrogen (secondary N) is 1. The Hall–Kier alpha value is -2.58. The molecule has 0 unspecified atom stereocenters. The zero-order valence-corrected chi connectivity index (χ0v) is 20.0. The van der Waals surface area contributed by atoms with Gasteiger partial charge in [-0.2, -0.15) is 4.31 Å². The molecule has 1 aromatic rings. The Balaban J connectivity index is 2.04. The van der Waals surface area contributed by atoms with Crippen LogP contribution in [0.4, 0.5) is 0 Å². The number of nitrogens with zero attached hydrogens (tertiary/aromatic N) is 1. The van der Waals surface area contributed by atoms with Crippen LogP contribution >= 0.6 is 0 Å². The second kappa shape index (κ2) is 12.6. The van der Waals surface area contributed by atoms with Crippen molar-refractivity contribution in [1.82, 2.24) is 9.62 Å². The molecule has 1 aliphatic heterocycles. The molecule has 2 N–H and O–H groups in total. The molecule has 0 aliphatic carbocycles. The van der Waals surface area contributed by atoms with Gasteiger partial charge in [0.25, 0.3) is 5.91 Å². The van der Waals surface area contributed by atoms with E-state index in [-0.39, 0.29) is 55.3 Å². The average molecular weight is 481 g/mol. The van der Waals surface area contributed by atoms with Crippen molar-refractivity contribution in [2.24, 2.45) is 11.8 Å². The fourth-order valence-electron chi connectivity index (χ4n) is 3.27. The average Bonchev–Trinajstić information content (AvgIpc) is 2.81. The van der Waals surface area contributed by atoms with Gasteiger partial charge in [0.15, 0.2) is 5.76 Å². The summed E-state index contributed by atoms with van der Waals surface area (Å²) in [4.78, 5) is 12.4. The summed E-state index contributed by atoms with van der Waals surface area (Å²) in [6.07, 6.45) is 6.77. The molecule has 0 aromatic heterocycles. The van der Waals surface area contributed by atoms with E-state index >= 15 is 0 Å². The first-order chi connectivity index (χ1) is 15.7. The summed E-state index contributed by atoms with van der Waals surface area (Å²) in [6.45, 7) is 3.74. The lowest BCUT2D eigenvalue weighted by atomic mass is 9.90. The van der Waals surface area contributed by atoms with E-state index in [9.17, 15) is 18.3 Å². The largest absolute Gasteiger partial charge is 0.497 e. The molecule has 0 fully saturated rings. The maximum atomic E-state index is 13.0. The third-order valence-electron chi connectivity index (χ3n) is 5.21. The molecule has 0 saturated heterocycles. The van der Waals surface area contributed by atoms with Gasteiger partial charge in [-0.3, -0.25) is 4.79 Å². The van der Waals surface area contributed by atoms with Crippen LogP contribution in [-0.2, 0) is 24.3 Å². The third-order valence-corrected chi connectivity index (χ3v) is 7.12. The third kappa shape index (κ3) is 7.47. The first-order valence-corrected chi connectivity index (χ1v) is 12.1. The number of sulfonamides is 1. The molecule has 1 heterocycles. The monoisotopic (exact) mass is 480 g/mol. The minimum absolute atomic E-state index is 0.00344.